The van der Waals surface area contributed by atoms with E-state index in [0.29, 0.717) is 9.21 Å². The molecule has 0 aromatic carbocycles. The molecule has 1 heterocycles. The highest BCUT2D eigenvalue weighted by Crippen LogP contribution is 2.24. The van der Waals surface area contributed by atoms with Gasteiger partial charge < -0.3 is 0 Å². The molecule has 2 nitrogen and oxygen atoms in total. The predicted molar refractivity (Wildman–Crippen MR) is 62.7 cm³/mol. The summed E-state index contributed by atoms with van der Waals surface area (Å²) in [5.74, 6) is -0.191. The van der Waals surface area contributed by atoms with Crippen LogP contribution in [-0.2, 0) is 4.79 Å². The topological polar surface area (TPSA) is 34.1 Å². The molecule has 0 unspecified atom stereocenters. The third kappa shape index (κ3) is 3.43. The lowest BCUT2D eigenvalue weighted by molar-refractivity contribution is -0.125. The van der Waals surface area contributed by atoms with E-state index in [9.17, 15) is 9.59 Å². The van der Waals surface area contributed by atoms with Crippen LogP contribution in [0.25, 0.3) is 0 Å². The fraction of sp³-hybridized carbons (Fsp3) is 0.455. The maximum Gasteiger partial charge on any atom is 0.180 e. The molecule has 0 atom stereocenters. The van der Waals surface area contributed by atoms with Crippen molar-refractivity contribution < 1.29 is 9.59 Å². The molecule has 0 saturated carbocycles. The second-order valence-electron chi connectivity index (χ2n) is 4.38. The first-order chi connectivity index (χ1) is 6.80. The fourth-order valence-electron chi connectivity index (χ4n) is 0.962. The van der Waals surface area contributed by atoms with E-state index >= 15 is 0 Å². The van der Waals surface area contributed by atoms with Crippen molar-refractivity contribution in [2.45, 2.75) is 27.2 Å². The number of hydrogen-bond acceptors (Lipinski definition) is 3. The summed E-state index contributed by atoms with van der Waals surface area (Å²) in [6.07, 6.45) is -0.0413. The molecule has 0 aliphatic heterocycles. The molecule has 1 aromatic rings. The molecule has 15 heavy (non-hydrogen) atoms. The van der Waals surface area contributed by atoms with E-state index in [1.165, 1.54) is 11.3 Å². The molecule has 0 amide bonds. The molecule has 0 aliphatic carbocycles. The van der Waals surface area contributed by atoms with Gasteiger partial charge in [-0.3, -0.25) is 9.59 Å². The lowest BCUT2D eigenvalue weighted by Gasteiger charge is -2.15. The molecule has 1 rings (SSSR count). The van der Waals surface area contributed by atoms with Gasteiger partial charge in [0.05, 0.1) is 15.6 Å². The third-order valence-corrected chi connectivity index (χ3v) is 3.28. The maximum absolute atomic E-state index is 11.6. The highest BCUT2D eigenvalue weighted by molar-refractivity contribution is 7.18. The van der Waals surface area contributed by atoms with Crippen LogP contribution in [0, 0.1) is 5.41 Å². The Morgan fingerprint density at radius 1 is 1.33 bits per heavy atom. The zero-order chi connectivity index (χ0) is 11.6. The average molecular weight is 245 g/mol. The van der Waals surface area contributed by atoms with Gasteiger partial charge in [-0.05, 0) is 12.1 Å². The third-order valence-electron chi connectivity index (χ3n) is 2.01. The molecule has 0 radical (unpaired) electrons. The van der Waals surface area contributed by atoms with Gasteiger partial charge in [0, 0.05) is 5.41 Å². The average Bonchev–Trinajstić information content (AvgIpc) is 2.50. The van der Waals surface area contributed by atoms with Crippen molar-refractivity contribution in [3.05, 3.63) is 21.3 Å². The Morgan fingerprint density at radius 2 is 1.93 bits per heavy atom. The van der Waals surface area contributed by atoms with Gasteiger partial charge in [0.15, 0.2) is 5.78 Å². The van der Waals surface area contributed by atoms with Crippen LogP contribution in [0.1, 0.15) is 36.9 Å². The van der Waals surface area contributed by atoms with Crippen LogP contribution < -0.4 is 0 Å². The molecule has 1 aromatic heterocycles. The molecular weight excluding hydrogens is 232 g/mol. The van der Waals surface area contributed by atoms with Gasteiger partial charge >= 0.3 is 0 Å². The van der Waals surface area contributed by atoms with E-state index in [1.807, 2.05) is 20.8 Å². The number of hydrogen-bond donors (Lipinski definition) is 0. The van der Waals surface area contributed by atoms with Gasteiger partial charge in [-0.15, -0.1) is 11.3 Å². The summed E-state index contributed by atoms with van der Waals surface area (Å²) < 4.78 is 0.571. The number of Topliss-reactive ketones (excluding diaryl/α,β-unsaturated/α-hetero) is 2. The SMILES string of the molecule is CC(C)(C)C(=O)CC(=O)c1ccc(Cl)s1. The van der Waals surface area contributed by atoms with Crippen molar-refractivity contribution in [1.82, 2.24) is 0 Å². The van der Waals surface area contributed by atoms with Crippen LogP contribution in [0.15, 0.2) is 12.1 Å². The summed E-state index contributed by atoms with van der Waals surface area (Å²) in [6.45, 7) is 5.43. The van der Waals surface area contributed by atoms with Crippen LogP contribution >= 0.6 is 22.9 Å². The summed E-state index contributed by atoms with van der Waals surface area (Å²) in [7, 11) is 0. The molecule has 0 fully saturated rings. The van der Waals surface area contributed by atoms with Crippen LogP contribution in [0.3, 0.4) is 0 Å². The molecule has 4 heteroatoms. The van der Waals surface area contributed by atoms with E-state index in [-0.39, 0.29) is 18.0 Å². The van der Waals surface area contributed by atoms with Gasteiger partial charge in [0.25, 0.3) is 0 Å². The van der Waals surface area contributed by atoms with Gasteiger partial charge in [-0.2, -0.15) is 0 Å². The number of carbonyl (C=O) groups excluding carboxylic acids is 2. The molecular formula is C11H13ClO2S. The molecule has 0 bridgehead atoms. The Morgan fingerprint density at radius 3 is 2.33 bits per heavy atom. The molecule has 0 saturated heterocycles. The van der Waals surface area contributed by atoms with Crippen LogP contribution in [-0.4, -0.2) is 11.6 Å². The fourth-order valence-corrected chi connectivity index (χ4v) is 1.94. The van der Waals surface area contributed by atoms with Crippen molar-refractivity contribution in [3.63, 3.8) is 0 Å². The smallest absolute Gasteiger partial charge is 0.180 e. The monoisotopic (exact) mass is 244 g/mol. The highest BCUT2D eigenvalue weighted by atomic mass is 35.5. The van der Waals surface area contributed by atoms with E-state index < -0.39 is 5.41 Å². The number of halogens is 1. The lowest BCUT2D eigenvalue weighted by Crippen LogP contribution is -2.22. The minimum atomic E-state index is -0.462. The summed E-state index contributed by atoms with van der Waals surface area (Å²) in [5, 5.41) is 0. The number of ketones is 2. The number of carbonyl (C=O) groups is 2. The van der Waals surface area contributed by atoms with Gasteiger partial charge in [0.1, 0.15) is 5.78 Å². The summed E-state index contributed by atoms with van der Waals surface area (Å²) in [6, 6.07) is 3.33. The highest BCUT2D eigenvalue weighted by Gasteiger charge is 2.24. The van der Waals surface area contributed by atoms with E-state index in [0.717, 1.165) is 0 Å². The van der Waals surface area contributed by atoms with Crippen molar-refractivity contribution in [1.29, 1.82) is 0 Å². The molecule has 0 N–H and O–H groups in total. The summed E-state index contributed by atoms with van der Waals surface area (Å²) in [5.41, 5.74) is -0.462. The number of thiophene rings is 1. The lowest BCUT2D eigenvalue weighted by atomic mass is 9.88. The maximum atomic E-state index is 11.6. The summed E-state index contributed by atoms with van der Waals surface area (Å²) in [4.78, 5) is 23.8. The quantitative estimate of drug-likeness (QED) is 0.602. The summed E-state index contributed by atoms with van der Waals surface area (Å²) >= 11 is 6.92. The van der Waals surface area contributed by atoms with Crippen LogP contribution in [0.4, 0.5) is 0 Å². The Labute approximate surface area is 98.3 Å². The largest absolute Gasteiger partial charge is 0.299 e. The van der Waals surface area contributed by atoms with Crippen molar-refractivity contribution in [3.8, 4) is 0 Å². The van der Waals surface area contributed by atoms with Crippen molar-refractivity contribution in [2.75, 3.05) is 0 Å². The molecule has 0 aliphatic rings. The molecule has 82 valence electrons. The first kappa shape index (κ1) is 12.4. The minimum absolute atomic E-state index is 0.0413. The zero-order valence-electron chi connectivity index (χ0n) is 8.96. The predicted octanol–water partition coefficient (Wildman–Crippen LogP) is 3.59. The Kier molecular flexibility index (Phi) is 3.68. The Bertz CT molecular complexity index is 388. The van der Waals surface area contributed by atoms with E-state index in [4.69, 9.17) is 11.6 Å². The second kappa shape index (κ2) is 4.45. The standard InChI is InChI=1S/C11H13ClO2S/c1-11(2,3)9(14)6-7(13)8-4-5-10(12)15-8/h4-5H,6H2,1-3H3. The van der Waals surface area contributed by atoms with Gasteiger partial charge in [0.2, 0.25) is 0 Å². The van der Waals surface area contributed by atoms with E-state index in [2.05, 4.69) is 0 Å². The van der Waals surface area contributed by atoms with Crippen LogP contribution in [0.2, 0.25) is 4.34 Å². The van der Waals surface area contributed by atoms with Crippen molar-refractivity contribution >= 4 is 34.5 Å². The molecule has 0 spiro atoms. The van der Waals surface area contributed by atoms with E-state index in [1.54, 1.807) is 12.1 Å². The van der Waals surface area contributed by atoms with Crippen molar-refractivity contribution in [2.24, 2.45) is 5.41 Å². The van der Waals surface area contributed by atoms with Gasteiger partial charge in [-0.25, -0.2) is 0 Å². The first-order valence-corrected chi connectivity index (χ1v) is 5.82. The second-order valence-corrected chi connectivity index (χ2v) is 6.09. The zero-order valence-corrected chi connectivity index (χ0v) is 10.5. The normalized spacial score (nSPS) is 11.5. The van der Waals surface area contributed by atoms with Gasteiger partial charge in [-0.1, -0.05) is 32.4 Å². The first-order valence-electron chi connectivity index (χ1n) is 4.62. The minimum Gasteiger partial charge on any atom is -0.299 e. The van der Waals surface area contributed by atoms with Crippen LogP contribution in [0.5, 0.6) is 0 Å². The number of rotatable bonds is 3. The Hall–Kier alpha value is -0.670. The Balaban J connectivity index is 2.69.